The maximum Gasteiger partial charge on any atom is 0.117 e. The van der Waals surface area contributed by atoms with Crippen LogP contribution < -0.4 is 17.2 Å². The van der Waals surface area contributed by atoms with Gasteiger partial charge in [-0.05, 0) is 29.3 Å². The second kappa shape index (κ2) is 8.17. The molecule has 4 heteroatoms. The number of nitrogens with two attached hydrogens (primary N) is 3. The van der Waals surface area contributed by atoms with Gasteiger partial charge in [-0.15, -0.1) is 0 Å². The Morgan fingerprint density at radius 2 is 1.65 bits per heavy atom. The molecule has 122 valence electrons. The normalized spacial score (nSPS) is 14.8. The summed E-state index contributed by atoms with van der Waals surface area (Å²) in [5.74, 6) is 0.213. The van der Waals surface area contributed by atoms with Crippen LogP contribution in [0.5, 0.6) is 5.75 Å². The predicted octanol–water partition coefficient (Wildman–Crippen LogP) is 3.25. The highest BCUT2D eigenvalue weighted by atomic mass is 16.3. The van der Waals surface area contributed by atoms with Crippen molar-refractivity contribution in [1.29, 1.82) is 0 Å². The van der Waals surface area contributed by atoms with Crippen molar-refractivity contribution in [2.45, 2.75) is 19.5 Å². The van der Waals surface area contributed by atoms with Crippen molar-refractivity contribution in [3.63, 3.8) is 0 Å². The summed E-state index contributed by atoms with van der Waals surface area (Å²) in [5.41, 5.74) is 19.1. The van der Waals surface area contributed by atoms with Crippen LogP contribution in [-0.2, 0) is 0 Å². The molecule has 0 heterocycles. The molecule has 4 nitrogen and oxygen atoms in total. The van der Waals surface area contributed by atoms with E-state index in [1.165, 1.54) is 17.2 Å². The zero-order valence-corrected chi connectivity index (χ0v) is 12.3. The average Bonchev–Trinajstić information content (AvgIpc) is 2.48. The van der Waals surface area contributed by atoms with E-state index in [1.54, 1.807) is 18.2 Å². The van der Waals surface area contributed by atoms with Crippen LogP contribution in [0, 0.1) is 0 Å². The highest BCUT2D eigenvalue weighted by Crippen LogP contribution is 2.22. The molecule has 7 N–H and O–H groups in total. The molecule has 0 saturated carbocycles. The van der Waals surface area contributed by atoms with E-state index in [9.17, 15) is 0 Å². The second-order valence-electron chi connectivity index (χ2n) is 5.27. The largest absolute Gasteiger partial charge is 0.508 e. The van der Waals surface area contributed by atoms with Crippen LogP contribution in [0.4, 0.5) is 5.69 Å². The van der Waals surface area contributed by atoms with Crippen molar-refractivity contribution in [2.24, 2.45) is 11.5 Å². The maximum absolute atomic E-state index is 8.73. The topological polar surface area (TPSA) is 98.3 Å². The number of anilines is 1. The van der Waals surface area contributed by atoms with E-state index < -0.39 is 5.66 Å². The number of hydrogen-bond donors (Lipinski definition) is 4. The van der Waals surface area contributed by atoms with Crippen molar-refractivity contribution in [1.82, 2.24) is 0 Å². The molecule has 0 fully saturated rings. The first-order valence-corrected chi connectivity index (χ1v) is 7.03. The lowest BCUT2D eigenvalue weighted by Crippen LogP contribution is -2.47. The molecule has 0 spiro atoms. The van der Waals surface area contributed by atoms with Crippen LogP contribution in [0.25, 0.3) is 5.57 Å². The van der Waals surface area contributed by atoms with Crippen LogP contribution >= 0.6 is 0 Å². The Morgan fingerprint density at radius 1 is 0.957 bits per heavy atom. The molecule has 0 bridgehead atoms. The molecule has 0 aromatic heterocycles. The summed E-state index contributed by atoms with van der Waals surface area (Å²) in [4.78, 5) is 0. The highest BCUT2D eigenvalue weighted by Gasteiger charge is 2.16. The van der Waals surface area contributed by atoms with Crippen molar-refractivity contribution in [3.8, 4) is 5.75 Å². The van der Waals surface area contributed by atoms with E-state index in [2.05, 4.69) is 18.2 Å². The lowest BCUT2D eigenvalue weighted by atomic mass is 9.94. The Labute approximate surface area is 137 Å². The number of benzene rings is 2. The quantitative estimate of drug-likeness (QED) is 0.480. The molecule has 0 saturated heterocycles. The predicted molar refractivity (Wildman–Crippen MR) is 98.5 cm³/mol. The van der Waals surface area contributed by atoms with Gasteiger partial charge in [-0.2, -0.15) is 0 Å². The summed E-state index contributed by atoms with van der Waals surface area (Å²) in [7, 11) is 0. The minimum Gasteiger partial charge on any atom is -0.508 e. The van der Waals surface area contributed by atoms with E-state index in [4.69, 9.17) is 22.3 Å². The Kier molecular flexibility index (Phi) is 6.57. The van der Waals surface area contributed by atoms with Gasteiger partial charge in [0.15, 0.2) is 0 Å². The third-order valence-corrected chi connectivity index (χ3v) is 3.23. The Morgan fingerprint density at radius 3 is 2.13 bits per heavy atom. The van der Waals surface area contributed by atoms with Gasteiger partial charge in [0.1, 0.15) is 5.75 Å². The van der Waals surface area contributed by atoms with Crippen molar-refractivity contribution >= 4 is 11.3 Å². The van der Waals surface area contributed by atoms with E-state index in [0.717, 1.165) is 0 Å². The highest BCUT2D eigenvalue weighted by molar-refractivity contribution is 5.75. The fraction of sp³-hybridized carbons (Fsp3) is 0.158. The summed E-state index contributed by atoms with van der Waals surface area (Å²) < 4.78 is 0. The van der Waals surface area contributed by atoms with Crippen LogP contribution in [0.2, 0.25) is 0 Å². The van der Waals surface area contributed by atoms with Crippen LogP contribution in [0.3, 0.4) is 0 Å². The second-order valence-corrected chi connectivity index (χ2v) is 5.27. The summed E-state index contributed by atoms with van der Waals surface area (Å²) in [5, 5.41) is 8.73. The van der Waals surface area contributed by atoms with Crippen LogP contribution in [0.15, 0.2) is 72.8 Å². The van der Waals surface area contributed by atoms with Gasteiger partial charge in [0.05, 0.1) is 5.66 Å². The number of rotatable bonds is 1. The zero-order chi connectivity index (χ0) is 16.0. The molecule has 1 aliphatic carbocycles. The average molecular weight is 311 g/mol. The lowest BCUT2D eigenvalue weighted by molar-refractivity contribution is 0.475. The number of aromatic hydroxyl groups is 1. The Bertz CT molecular complexity index is 659. The van der Waals surface area contributed by atoms with Crippen LogP contribution in [0.1, 0.15) is 19.4 Å². The molecule has 2 aromatic rings. The number of nitrogen functional groups attached to an aromatic ring is 1. The molecule has 1 aliphatic rings. The summed E-state index contributed by atoms with van der Waals surface area (Å²) in [6, 6.07) is 16.7. The molecular weight excluding hydrogens is 286 g/mol. The summed E-state index contributed by atoms with van der Waals surface area (Å²) in [6.45, 7) is 0. The first-order valence-electron chi connectivity index (χ1n) is 7.03. The van der Waals surface area contributed by atoms with Gasteiger partial charge >= 0.3 is 0 Å². The zero-order valence-electron chi connectivity index (χ0n) is 12.3. The molecule has 0 unspecified atom stereocenters. The van der Waals surface area contributed by atoms with Gasteiger partial charge in [0.25, 0.3) is 0 Å². The van der Waals surface area contributed by atoms with Gasteiger partial charge in [-0.25, -0.2) is 0 Å². The first kappa shape index (κ1) is 18.5. The first-order chi connectivity index (χ1) is 10.5. The van der Waals surface area contributed by atoms with Gasteiger partial charge in [-0.3, -0.25) is 0 Å². The Hall–Kier alpha value is -2.56. The van der Waals surface area contributed by atoms with Gasteiger partial charge in [-0.1, -0.05) is 56.0 Å². The molecule has 23 heavy (non-hydrogen) atoms. The van der Waals surface area contributed by atoms with Crippen molar-refractivity contribution in [2.75, 3.05) is 5.73 Å². The molecule has 0 radical (unpaired) electrons. The monoisotopic (exact) mass is 311 g/mol. The third-order valence-electron chi connectivity index (χ3n) is 3.23. The van der Waals surface area contributed by atoms with E-state index >= 15 is 0 Å². The molecule has 2 aromatic carbocycles. The van der Waals surface area contributed by atoms with Gasteiger partial charge in [0.2, 0.25) is 0 Å². The van der Waals surface area contributed by atoms with E-state index in [1.807, 2.05) is 30.4 Å². The third kappa shape index (κ3) is 5.98. The fourth-order valence-corrected chi connectivity index (χ4v) is 2.04. The molecule has 0 aliphatic heterocycles. The number of phenolic OH excluding ortho intramolecular Hbond substituents is 1. The van der Waals surface area contributed by atoms with Crippen molar-refractivity contribution in [3.05, 3.63) is 78.4 Å². The lowest BCUT2D eigenvalue weighted by Gasteiger charge is -2.22. The summed E-state index contributed by atoms with van der Waals surface area (Å²) >= 11 is 0. The van der Waals surface area contributed by atoms with Gasteiger partial charge in [0, 0.05) is 18.2 Å². The molecule has 0 amide bonds. The van der Waals surface area contributed by atoms with E-state index in [-0.39, 0.29) is 13.2 Å². The van der Waals surface area contributed by atoms with Gasteiger partial charge < -0.3 is 22.3 Å². The molecule has 0 atom stereocenters. The smallest absolute Gasteiger partial charge is 0.117 e. The standard InChI is InChI=1S/C12H14N2.C6H7NO.CH4/c13-12(14)8-6-11(7-9-12)10-4-2-1-3-5-10;7-5-2-1-3-6(8)4-5;/h1-8H,9,13-14H2;1-4,8H,7H2;1H4. The fourth-order valence-electron chi connectivity index (χ4n) is 2.04. The minimum atomic E-state index is -0.668. The van der Waals surface area contributed by atoms with Crippen molar-refractivity contribution < 1.29 is 5.11 Å². The van der Waals surface area contributed by atoms with E-state index in [0.29, 0.717) is 12.1 Å². The maximum atomic E-state index is 8.73. The summed E-state index contributed by atoms with van der Waals surface area (Å²) in [6.07, 6.45) is 6.61. The van der Waals surface area contributed by atoms with Crippen LogP contribution in [-0.4, -0.2) is 10.8 Å². The molecular formula is C19H25N3O. The minimum absolute atomic E-state index is 0. The molecule has 3 rings (SSSR count). The SMILES string of the molecule is C.NC1(N)C=CC(c2ccccc2)=CC1.Nc1cccc(O)c1. The number of phenols is 1. The number of hydrogen-bond acceptors (Lipinski definition) is 4. The number of allylic oxidation sites excluding steroid dienone is 2. The Balaban J connectivity index is 0.000000253.